The Bertz CT molecular complexity index is 335. The van der Waals surface area contributed by atoms with Gasteiger partial charge in [0.25, 0.3) is 0 Å². The van der Waals surface area contributed by atoms with Crippen LogP contribution in [0.15, 0.2) is 30.3 Å². The van der Waals surface area contributed by atoms with Gasteiger partial charge in [-0.05, 0) is 37.3 Å². The minimum atomic E-state index is 0.351. The SMILES string of the molecule is Cc1ccc(C2=CCC(Cl)CC2)cc1. The molecule has 14 heavy (non-hydrogen) atoms. The van der Waals surface area contributed by atoms with Crippen molar-refractivity contribution in [2.45, 2.75) is 31.6 Å². The predicted octanol–water partition coefficient (Wildman–Crippen LogP) is 4.17. The summed E-state index contributed by atoms with van der Waals surface area (Å²) in [6.45, 7) is 2.12. The van der Waals surface area contributed by atoms with E-state index < -0.39 is 0 Å². The fourth-order valence-electron chi connectivity index (χ4n) is 1.83. The molecular weight excluding hydrogens is 192 g/mol. The first-order valence-electron chi connectivity index (χ1n) is 5.16. The van der Waals surface area contributed by atoms with Gasteiger partial charge in [0, 0.05) is 5.38 Å². The molecule has 0 saturated carbocycles. The van der Waals surface area contributed by atoms with E-state index in [4.69, 9.17) is 11.6 Å². The molecule has 0 spiro atoms. The molecule has 0 bridgehead atoms. The van der Waals surface area contributed by atoms with E-state index in [2.05, 4.69) is 37.3 Å². The third-order valence-corrected chi connectivity index (χ3v) is 3.17. The molecule has 0 saturated heterocycles. The van der Waals surface area contributed by atoms with Gasteiger partial charge in [-0.25, -0.2) is 0 Å². The van der Waals surface area contributed by atoms with Crippen LogP contribution in [0, 0.1) is 6.92 Å². The van der Waals surface area contributed by atoms with Gasteiger partial charge < -0.3 is 0 Å². The molecule has 0 N–H and O–H groups in total. The first-order valence-corrected chi connectivity index (χ1v) is 5.59. The monoisotopic (exact) mass is 206 g/mol. The fourth-order valence-corrected chi connectivity index (χ4v) is 2.03. The zero-order valence-corrected chi connectivity index (χ0v) is 9.22. The topological polar surface area (TPSA) is 0 Å². The summed E-state index contributed by atoms with van der Waals surface area (Å²) in [5.41, 5.74) is 4.14. The summed E-state index contributed by atoms with van der Waals surface area (Å²) in [4.78, 5) is 0. The summed E-state index contributed by atoms with van der Waals surface area (Å²) in [5.74, 6) is 0. The third kappa shape index (κ3) is 2.19. The van der Waals surface area contributed by atoms with E-state index >= 15 is 0 Å². The normalized spacial score (nSPS) is 21.9. The quantitative estimate of drug-likeness (QED) is 0.605. The molecule has 1 heteroatoms. The summed E-state index contributed by atoms with van der Waals surface area (Å²) in [6.07, 6.45) is 5.54. The van der Waals surface area contributed by atoms with Gasteiger partial charge in [-0.2, -0.15) is 0 Å². The van der Waals surface area contributed by atoms with Gasteiger partial charge in [-0.15, -0.1) is 11.6 Å². The number of halogens is 1. The Hall–Kier alpha value is -0.750. The minimum absolute atomic E-state index is 0.351. The molecule has 0 aliphatic heterocycles. The minimum Gasteiger partial charge on any atom is -0.123 e. The second-order valence-corrected chi connectivity index (χ2v) is 4.58. The van der Waals surface area contributed by atoms with E-state index in [1.807, 2.05) is 0 Å². The number of benzene rings is 1. The van der Waals surface area contributed by atoms with E-state index in [0.717, 1.165) is 19.3 Å². The summed E-state index contributed by atoms with van der Waals surface area (Å²) in [6, 6.07) is 8.75. The van der Waals surface area contributed by atoms with Crippen molar-refractivity contribution in [3.05, 3.63) is 41.5 Å². The molecule has 1 atom stereocenters. The molecule has 1 unspecified atom stereocenters. The lowest BCUT2D eigenvalue weighted by Crippen LogP contribution is -2.03. The van der Waals surface area contributed by atoms with Crippen LogP contribution in [0.1, 0.15) is 30.4 Å². The van der Waals surface area contributed by atoms with Crippen molar-refractivity contribution in [1.29, 1.82) is 0 Å². The number of allylic oxidation sites excluding steroid dienone is 2. The fraction of sp³-hybridized carbons (Fsp3) is 0.385. The standard InChI is InChI=1S/C13H15Cl/c1-10-2-4-11(5-3-10)12-6-8-13(14)9-7-12/h2-6,13H,7-9H2,1H3. The molecule has 1 aliphatic rings. The van der Waals surface area contributed by atoms with E-state index in [1.165, 1.54) is 16.7 Å². The van der Waals surface area contributed by atoms with Crippen molar-refractivity contribution >= 4 is 17.2 Å². The van der Waals surface area contributed by atoms with Gasteiger partial charge in [0.1, 0.15) is 0 Å². The van der Waals surface area contributed by atoms with Crippen LogP contribution in [-0.2, 0) is 0 Å². The highest BCUT2D eigenvalue weighted by Crippen LogP contribution is 2.29. The molecule has 0 fully saturated rings. The Morgan fingerprint density at radius 1 is 1.21 bits per heavy atom. The van der Waals surface area contributed by atoms with Gasteiger partial charge in [-0.3, -0.25) is 0 Å². The van der Waals surface area contributed by atoms with Crippen molar-refractivity contribution in [3.8, 4) is 0 Å². The number of rotatable bonds is 1. The molecule has 74 valence electrons. The molecule has 1 aliphatic carbocycles. The zero-order valence-electron chi connectivity index (χ0n) is 8.46. The molecule has 0 amide bonds. The van der Waals surface area contributed by atoms with Crippen molar-refractivity contribution < 1.29 is 0 Å². The maximum atomic E-state index is 6.05. The molecule has 0 aromatic heterocycles. The summed E-state index contributed by atoms with van der Waals surface area (Å²) in [5, 5.41) is 0.351. The largest absolute Gasteiger partial charge is 0.123 e. The average Bonchev–Trinajstić information content (AvgIpc) is 2.21. The van der Waals surface area contributed by atoms with E-state index in [-0.39, 0.29) is 0 Å². The number of alkyl halides is 1. The molecule has 0 radical (unpaired) electrons. The van der Waals surface area contributed by atoms with Crippen LogP contribution in [0.5, 0.6) is 0 Å². The van der Waals surface area contributed by atoms with Gasteiger partial charge in [-0.1, -0.05) is 35.9 Å². The smallest absolute Gasteiger partial charge is 0.0373 e. The molecular formula is C13H15Cl. The summed E-state index contributed by atoms with van der Waals surface area (Å²) >= 11 is 6.05. The van der Waals surface area contributed by atoms with Gasteiger partial charge in [0.05, 0.1) is 0 Å². The number of aryl methyl sites for hydroxylation is 1. The van der Waals surface area contributed by atoms with Gasteiger partial charge in [0.15, 0.2) is 0 Å². The first kappa shape index (κ1) is 9.79. The molecule has 0 heterocycles. The molecule has 1 aromatic rings. The van der Waals surface area contributed by atoms with E-state index in [0.29, 0.717) is 5.38 Å². The Balaban J connectivity index is 2.19. The van der Waals surface area contributed by atoms with Crippen LogP contribution in [0.4, 0.5) is 0 Å². The van der Waals surface area contributed by atoms with E-state index in [1.54, 1.807) is 0 Å². The third-order valence-electron chi connectivity index (χ3n) is 2.77. The molecule has 0 nitrogen and oxygen atoms in total. The summed E-state index contributed by atoms with van der Waals surface area (Å²) in [7, 11) is 0. The van der Waals surface area contributed by atoms with Crippen LogP contribution < -0.4 is 0 Å². The van der Waals surface area contributed by atoms with Gasteiger partial charge >= 0.3 is 0 Å². The average molecular weight is 207 g/mol. The van der Waals surface area contributed by atoms with Crippen molar-refractivity contribution in [2.24, 2.45) is 0 Å². The van der Waals surface area contributed by atoms with E-state index in [9.17, 15) is 0 Å². The maximum absolute atomic E-state index is 6.05. The van der Waals surface area contributed by atoms with Crippen LogP contribution in [0.3, 0.4) is 0 Å². The predicted molar refractivity (Wildman–Crippen MR) is 62.6 cm³/mol. The number of hydrogen-bond donors (Lipinski definition) is 0. The summed E-state index contributed by atoms with van der Waals surface area (Å²) < 4.78 is 0. The lowest BCUT2D eigenvalue weighted by atomic mass is 9.93. The first-order chi connectivity index (χ1) is 6.75. The molecule has 2 rings (SSSR count). The Morgan fingerprint density at radius 3 is 2.50 bits per heavy atom. The van der Waals surface area contributed by atoms with Crippen molar-refractivity contribution in [1.82, 2.24) is 0 Å². The van der Waals surface area contributed by atoms with Crippen LogP contribution in [-0.4, -0.2) is 5.38 Å². The Kier molecular flexibility index (Phi) is 2.93. The second kappa shape index (κ2) is 4.18. The highest BCUT2D eigenvalue weighted by Gasteiger charge is 2.12. The zero-order chi connectivity index (χ0) is 9.97. The Labute approximate surface area is 90.6 Å². The lowest BCUT2D eigenvalue weighted by molar-refractivity contribution is 0.751. The maximum Gasteiger partial charge on any atom is 0.0373 e. The van der Waals surface area contributed by atoms with Crippen LogP contribution in [0.25, 0.3) is 5.57 Å². The Morgan fingerprint density at radius 2 is 1.93 bits per heavy atom. The van der Waals surface area contributed by atoms with Crippen LogP contribution in [0.2, 0.25) is 0 Å². The van der Waals surface area contributed by atoms with Crippen molar-refractivity contribution in [2.75, 3.05) is 0 Å². The lowest BCUT2D eigenvalue weighted by Gasteiger charge is -2.17. The highest BCUT2D eigenvalue weighted by atomic mass is 35.5. The number of hydrogen-bond acceptors (Lipinski definition) is 0. The highest BCUT2D eigenvalue weighted by molar-refractivity contribution is 6.20. The molecule has 1 aromatic carbocycles. The second-order valence-electron chi connectivity index (χ2n) is 3.97. The van der Waals surface area contributed by atoms with Gasteiger partial charge in [0.2, 0.25) is 0 Å². The van der Waals surface area contributed by atoms with Crippen LogP contribution >= 0.6 is 11.6 Å². The van der Waals surface area contributed by atoms with Crippen molar-refractivity contribution in [3.63, 3.8) is 0 Å².